The number of morpholine rings is 1. The highest BCUT2D eigenvalue weighted by molar-refractivity contribution is 7.89. The molecule has 172 valence electrons. The standard InChI is InChI=1S/C25H25NO6S/c1-30-22-13-12-21(18-23(22)33(28,29)26-14-16-31-17-15-26)25(27)32-24(19-8-4-2-5-9-19)20-10-6-3-7-11-20/h2-13,18,24H,14-17H2,1H3. The predicted molar refractivity (Wildman–Crippen MR) is 123 cm³/mol. The number of rotatable bonds is 7. The van der Waals surface area contributed by atoms with Crippen LogP contribution in [0.4, 0.5) is 0 Å². The smallest absolute Gasteiger partial charge is 0.339 e. The van der Waals surface area contributed by atoms with Gasteiger partial charge in [0.2, 0.25) is 10.0 Å². The van der Waals surface area contributed by atoms with Gasteiger partial charge in [-0.3, -0.25) is 0 Å². The van der Waals surface area contributed by atoms with Crippen LogP contribution >= 0.6 is 0 Å². The van der Waals surface area contributed by atoms with Crippen LogP contribution < -0.4 is 4.74 Å². The third-order valence-corrected chi connectivity index (χ3v) is 7.34. The number of carbonyl (C=O) groups is 1. The summed E-state index contributed by atoms with van der Waals surface area (Å²) >= 11 is 0. The molecule has 0 aromatic heterocycles. The Labute approximate surface area is 193 Å². The van der Waals surface area contributed by atoms with Crippen LogP contribution in [0.15, 0.2) is 83.8 Å². The van der Waals surface area contributed by atoms with Gasteiger partial charge in [-0.2, -0.15) is 4.31 Å². The Hall–Kier alpha value is -3.20. The second kappa shape index (κ2) is 10.2. The summed E-state index contributed by atoms with van der Waals surface area (Å²) in [5.74, 6) is -0.463. The maximum absolute atomic E-state index is 13.2. The highest BCUT2D eigenvalue weighted by Crippen LogP contribution is 2.31. The van der Waals surface area contributed by atoms with Gasteiger partial charge in [-0.1, -0.05) is 60.7 Å². The molecule has 7 nitrogen and oxygen atoms in total. The molecule has 0 spiro atoms. The molecule has 4 rings (SSSR count). The van der Waals surface area contributed by atoms with E-state index in [9.17, 15) is 13.2 Å². The molecule has 0 bridgehead atoms. The van der Waals surface area contributed by atoms with Crippen molar-refractivity contribution in [1.29, 1.82) is 0 Å². The van der Waals surface area contributed by atoms with Gasteiger partial charge in [0.05, 0.1) is 25.9 Å². The summed E-state index contributed by atoms with van der Waals surface area (Å²) in [6.45, 7) is 1.12. The number of hydrogen-bond donors (Lipinski definition) is 0. The molecule has 1 saturated heterocycles. The number of nitrogens with zero attached hydrogens (tertiary/aromatic N) is 1. The Bertz CT molecular complexity index is 1150. The van der Waals surface area contributed by atoms with Crippen LogP contribution in [-0.4, -0.2) is 52.1 Å². The van der Waals surface area contributed by atoms with Gasteiger partial charge in [0.1, 0.15) is 10.6 Å². The zero-order valence-corrected chi connectivity index (χ0v) is 19.0. The maximum Gasteiger partial charge on any atom is 0.339 e. The molecule has 0 saturated carbocycles. The first-order valence-corrected chi connectivity index (χ1v) is 12.0. The number of esters is 1. The van der Waals surface area contributed by atoms with E-state index in [1.54, 1.807) is 0 Å². The zero-order valence-electron chi connectivity index (χ0n) is 18.2. The van der Waals surface area contributed by atoms with E-state index >= 15 is 0 Å². The van der Waals surface area contributed by atoms with Crippen molar-refractivity contribution >= 4 is 16.0 Å². The van der Waals surface area contributed by atoms with Crippen molar-refractivity contribution < 1.29 is 27.4 Å². The van der Waals surface area contributed by atoms with E-state index in [-0.39, 0.29) is 29.3 Å². The Morgan fingerprint density at radius 1 is 0.909 bits per heavy atom. The van der Waals surface area contributed by atoms with E-state index in [0.29, 0.717) is 13.2 Å². The normalized spacial score (nSPS) is 14.7. The highest BCUT2D eigenvalue weighted by Gasteiger charge is 2.30. The van der Waals surface area contributed by atoms with E-state index in [1.807, 2.05) is 60.7 Å². The van der Waals surface area contributed by atoms with Crippen molar-refractivity contribution in [2.45, 2.75) is 11.0 Å². The van der Waals surface area contributed by atoms with Crippen LogP contribution in [0.5, 0.6) is 5.75 Å². The molecule has 8 heteroatoms. The molecule has 3 aromatic carbocycles. The monoisotopic (exact) mass is 467 g/mol. The summed E-state index contributed by atoms with van der Waals surface area (Å²) in [7, 11) is -2.48. The fourth-order valence-corrected chi connectivity index (χ4v) is 5.28. The molecule has 33 heavy (non-hydrogen) atoms. The SMILES string of the molecule is COc1ccc(C(=O)OC(c2ccccc2)c2ccccc2)cc1S(=O)(=O)N1CCOCC1. The van der Waals surface area contributed by atoms with Crippen LogP contribution in [0.3, 0.4) is 0 Å². The number of sulfonamides is 1. The zero-order chi connectivity index (χ0) is 23.3. The highest BCUT2D eigenvalue weighted by atomic mass is 32.2. The van der Waals surface area contributed by atoms with Crippen LogP contribution in [0.1, 0.15) is 27.6 Å². The minimum absolute atomic E-state index is 0.0719. The molecule has 0 radical (unpaired) electrons. The van der Waals surface area contributed by atoms with Gasteiger partial charge in [0.25, 0.3) is 0 Å². The quantitative estimate of drug-likeness (QED) is 0.493. The van der Waals surface area contributed by atoms with Crippen molar-refractivity contribution in [2.24, 2.45) is 0 Å². The fraction of sp³-hybridized carbons (Fsp3) is 0.240. The lowest BCUT2D eigenvalue weighted by Gasteiger charge is -2.27. The summed E-state index contributed by atoms with van der Waals surface area (Å²) < 4.78 is 44.3. The Balaban J connectivity index is 1.67. The Morgan fingerprint density at radius 2 is 1.48 bits per heavy atom. The molecule has 1 fully saturated rings. The lowest BCUT2D eigenvalue weighted by atomic mass is 10.0. The lowest BCUT2D eigenvalue weighted by molar-refractivity contribution is 0.0377. The van der Waals surface area contributed by atoms with Gasteiger partial charge in [-0.15, -0.1) is 0 Å². The van der Waals surface area contributed by atoms with Crippen molar-refractivity contribution in [3.8, 4) is 5.75 Å². The van der Waals surface area contributed by atoms with E-state index in [2.05, 4.69) is 0 Å². The molecule has 0 atom stereocenters. The van der Waals surface area contributed by atoms with Crippen molar-refractivity contribution in [3.05, 3.63) is 95.6 Å². The first-order valence-electron chi connectivity index (χ1n) is 10.6. The summed E-state index contributed by atoms with van der Waals surface area (Å²) in [5.41, 5.74) is 1.75. The fourth-order valence-electron chi connectivity index (χ4n) is 3.69. The molecule has 1 aliphatic heterocycles. The van der Waals surface area contributed by atoms with Crippen LogP contribution in [0.2, 0.25) is 0 Å². The molecule has 0 aliphatic carbocycles. The molecule has 3 aromatic rings. The molecule has 0 unspecified atom stereocenters. The van der Waals surface area contributed by atoms with Crippen LogP contribution in [0, 0.1) is 0 Å². The van der Waals surface area contributed by atoms with Gasteiger partial charge < -0.3 is 14.2 Å². The van der Waals surface area contributed by atoms with E-state index in [4.69, 9.17) is 14.2 Å². The van der Waals surface area contributed by atoms with Crippen LogP contribution in [-0.2, 0) is 19.5 Å². The molecular formula is C25H25NO6S. The average Bonchev–Trinajstić information content (AvgIpc) is 2.88. The number of ether oxygens (including phenoxy) is 3. The first kappa shape index (κ1) is 23.0. The van der Waals surface area contributed by atoms with Gasteiger partial charge in [-0.25, -0.2) is 13.2 Å². The van der Waals surface area contributed by atoms with Gasteiger partial charge in [0, 0.05) is 13.1 Å². The summed E-state index contributed by atoms with van der Waals surface area (Å²) in [6.07, 6.45) is -0.638. The molecule has 1 aliphatic rings. The maximum atomic E-state index is 13.2. The van der Waals surface area contributed by atoms with Crippen molar-refractivity contribution in [3.63, 3.8) is 0 Å². The van der Waals surface area contributed by atoms with Gasteiger partial charge >= 0.3 is 5.97 Å². The molecular weight excluding hydrogens is 442 g/mol. The number of hydrogen-bond acceptors (Lipinski definition) is 6. The average molecular weight is 468 g/mol. The largest absolute Gasteiger partial charge is 0.495 e. The summed E-state index contributed by atoms with van der Waals surface area (Å²) in [5, 5.41) is 0. The summed E-state index contributed by atoms with van der Waals surface area (Å²) in [6, 6.07) is 23.1. The minimum Gasteiger partial charge on any atom is -0.495 e. The minimum atomic E-state index is -3.87. The van der Waals surface area contributed by atoms with Crippen molar-refractivity contribution in [1.82, 2.24) is 4.31 Å². The second-order valence-electron chi connectivity index (χ2n) is 7.49. The van der Waals surface area contributed by atoms with Gasteiger partial charge in [0.15, 0.2) is 6.10 Å². The second-order valence-corrected chi connectivity index (χ2v) is 9.40. The number of methoxy groups -OCH3 is 1. The Morgan fingerprint density at radius 3 is 2.03 bits per heavy atom. The lowest BCUT2D eigenvalue weighted by Crippen LogP contribution is -2.40. The number of benzene rings is 3. The molecule has 1 heterocycles. The first-order chi connectivity index (χ1) is 16.0. The van der Waals surface area contributed by atoms with Crippen molar-refractivity contribution in [2.75, 3.05) is 33.4 Å². The third kappa shape index (κ3) is 5.08. The Kier molecular flexibility index (Phi) is 7.08. The van der Waals surface area contributed by atoms with E-state index < -0.39 is 22.1 Å². The van der Waals surface area contributed by atoms with E-state index in [1.165, 1.54) is 29.6 Å². The summed E-state index contributed by atoms with van der Waals surface area (Å²) in [4.78, 5) is 13.1. The van der Waals surface area contributed by atoms with Gasteiger partial charge in [-0.05, 0) is 29.3 Å². The predicted octanol–water partition coefficient (Wildman–Crippen LogP) is 3.66. The molecule has 0 N–H and O–H groups in total. The third-order valence-electron chi connectivity index (χ3n) is 5.42. The molecule has 0 amide bonds. The van der Waals surface area contributed by atoms with Crippen LogP contribution in [0.25, 0.3) is 0 Å². The number of carbonyl (C=O) groups excluding carboxylic acids is 1. The topological polar surface area (TPSA) is 82.1 Å². The van der Waals surface area contributed by atoms with E-state index in [0.717, 1.165) is 11.1 Å².